The molecule has 1 unspecified atom stereocenters. The number of halogens is 3. The SMILES string of the molecule is O=C1C(c2cccs2)=C(N2CCCC(CO)C2)C(=O)N1c1cccc(C(F)(F)F)c1. The first-order valence-corrected chi connectivity index (χ1v) is 10.4. The van der Waals surface area contributed by atoms with Gasteiger partial charge in [-0.05, 0) is 48.4 Å². The summed E-state index contributed by atoms with van der Waals surface area (Å²) in [7, 11) is 0. The van der Waals surface area contributed by atoms with Crippen molar-refractivity contribution in [1.29, 1.82) is 0 Å². The Kier molecular flexibility index (Phi) is 5.42. The molecule has 1 fully saturated rings. The molecule has 0 aliphatic carbocycles. The molecular formula is C21H19F3N2O3S. The Balaban J connectivity index is 1.78. The summed E-state index contributed by atoms with van der Waals surface area (Å²) in [6, 6.07) is 7.70. The number of aliphatic hydroxyl groups excluding tert-OH is 1. The Labute approximate surface area is 175 Å². The van der Waals surface area contributed by atoms with Crippen LogP contribution in [0, 0.1) is 5.92 Å². The lowest BCUT2D eigenvalue weighted by atomic mass is 9.98. The third-order valence-corrected chi connectivity index (χ3v) is 6.24. The molecule has 3 heterocycles. The van der Waals surface area contributed by atoms with Gasteiger partial charge in [-0.2, -0.15) is 13.2 Å². The Morgan fingerprint density at radius 1 is 1.13 bits per heavy atom. The molecule has 30 heavy (non-hydrogen) atoms. The molecule has 5 nitrogen and oxygen atoms in total. The number of amides is 2. The predicted molar refractivity (Wildman–Crippen MR) is 107 cm³/mol. The first-order valence-electron chi connectivity index (χ1n) is 9.51. The first kappa shape index (κ1) is 20.6. The minimum absolute atomic E-state index is 0.0265. The minimum atomic E-state index is -4.59. The molecule has 1 aromatic carbocycles. The predicted octanol–water partition coefficient (Wildman–Crippen LogP) is 3.76. The number of thiophene rings is 1. The third-order valence-electron chi connectivity index (χ3n) is 5.35. The highest BCUT2D eigenvalue weighted by Gasteiger charge is 2.44. The van der Waals surface area contributed by atoms with Crippen LogP contribution in [0.2, 0.25) is 0 Å². The Morgan fingerprint density at radius 3 is 2.60 bits per heavy atom. The maximum absolute atomic E-state index is 13.3. The highest BCUT2D eigenvalue weighted by molar-refractivity contribution is 7.11. The van der Waals surface area contributed by atoms with Gasteiger partial charge in [-0.25, -0.2) is 4.90 Å². The van der Waals surface area contributed by atoms with E-state index in [0.29, 0.717) is 18.0 Å². The van der Waals surface area contributed by atoms with Crippen LogP contribution in [0.4, 0.5) is 18.9 Å². The number of hydrogen-bond donors (Lipinski definition) is 1. The standard InChI is InChI=1S/C21H19F3N2O3S/c22-21(23,24)14-5-1-6-15(10-14)26-19(28)17(16-7-3-9-30-16)18(20(26)29)25-8-2-4-13(11-25)12-27/h1,3,5-7,9-10,13,27H,2,4,8,11-12H2. The number of carbonyl (C=O) groups is 2. The number of hydrogen-bond acceptors (Lipinski definition) is 5. The van der Waals surface area contributed by atoms with E-state index in [1.807, 2.05) is 0 Å². The van der Waals surface area contributed by atoms with E-state index in [2.05, 4.69) is 0 Å². The summed E-state index contributed by atoms with van der Waals surface area (Å²) in [6.45, 7) is 0.921. The zero-order chi connectivity index (χ0) is 21.5. The number of imide groups is 1. The van der Waals surface area contributed by atoms with Gasteiger partial charge in [-0.15, -0.1) is 11.3 Å². The molecule has 1 saturated heterocycles. The quantitative estimate of drug-likeness (QED) is 0.742. The zero-order valence-electron chi connectivity index (χ0n) is 15.9. The van der Waals surface area contributed by atoms with Crippen molar-refractivity contribution in [3.05, 3.63) is 57.9 Å². The number of piperidine rings is 1. The average Bonchev–Trinajstić information content (AvgIpc) is 3.33. The van der Waals surface area contributed by atoms with Gasteiger partial charge in [0.05, 0.1) is 16.8 Å². The van der Waals surface area contributed by atoms with Gasteiger partial charge >= 0.3 is 6.18 Å². The highest BCUT2D eigenvalue weighted by Crippen LogP contribution is 2.39. The van der Waals surface area contributed by atoms with Gasteiger partial charge < -0.3 is 10.0 Å². The van der Waals surface area contributed by atoms with E-state index in [1.54, 1.807) is 22.4 Å². The lowest BCUT2D eigenvalue weighted by Gasteiger charge is -2.34. The van der Waals surface area contributed by atoms with Crippen LogP contribution in [-0.4, -0.2) is 41.5 Å². The maximum atomic E-state index is 13.3. The second-order valence-corrected chi connectivity index (χ2v) is 8.28. The molecular weight excluding hydrogens is 417 g/mol. The third kappa shape index (κ3) is 3.63. The fourth-order valence-electron chi connectivity index (χ4n) is 3.93. The highest BCUT2D eigenvalue weighted by atomic mass is 32.1. The summed E-state index contributed by atoms with van der Waals surface area (Å²) in [6.07, 6.45) is -3.03. The number of likely N-dealkylation sites (tertiary alicyclic amines) is 1. The summed E-state index contributed by atoms with van der Waals surface area (Å²) >= 11 is 1.29. The van der Waals surface area contributed by atoms with Gasteiger partial charge in [-0.1, -0.05) is 12.1 Å². The summed E-state index contributed by atoms with van der Waals surface area (Å²) in [5, 5.41) is 11.3. The van der Waals surface area contributed by atoms with Crippen LogP contribution < -0.4 is 4.90 Å². The average molecular weight is 436 g/mol. The topological polar surface area (TPSA) is 60.9 Å². The smallest absolute Gasteiger partial charge is 0.396 e. The molecule has 0 spiro atoms. The molecule has 0 bridgehead atoms. The first-order chi connectivity index (χ1) is 14.3. The summed E-state index contributed by atoms with van der Waals surface area (Å²) in [5.41, 5.74) is -0.645. The fraction of sp³-hybridized carbons (Fsp3) is 0.333. The van der Waals surface area contributed by atoms with Crippen molar-refractivity contribution in [2.75, 3.05) is 24.6 Å². The van der Waals surface area contributed by atoms with Crippen molar-refractivity contribution in [2.24, 2.45) is 5.92 Å². The van der Waals surface area contributed by atoms with Gasteiger partial charge in [0.2, 0.25) is 0 Å². The van der Waals surface area contributed by atoms with E-state index in [0.717, 1.165) is 29.9 Å². The van der Waals surface area contributed by atoms with Crippen LogP contribution in [-0.2, 0) is 15.8 Å². The van der Waals surface area contributed by atoms with Crippen LogP contribution in [0.3, 0.4) is 0 Å². The van der Waals surface area contributed by atoms with E-state index >= 15 is 0 Å². The van der Waals surface area contributed by atoms with Gasteiger partial charge in [-0.3, -0.25) is 9.59 Å². The fourth-order valence-corrected chi connectivity index (χ4v) is 4.69. The minimum Gasteiger partial charge on any atom is -0.396 e. The van der Waals surface area contributed by atoms with Gasteiger partial charge in [0.15, 0.2) is 0 Å². The lowest BCUT2D eigenvalue weighted by Crippen LogP contribution is -2.40. The Hall–Kier alpha value is -2.65. The molecule has 0 saturated carbocycles. The van der Waals surface area contributed by atoms with E-state index in [1.165, 1.54) is 23.5 Å². The molecule has 9 heteroatoms. The maximum Gasteiger partial charge on any atom is 0.416 e. The van der Waals surface area contributed by atoms with E-state index < -0.39 is 23.6 Å². The van der Waals surface area contributed by atoms with Crippen LogP contribution in [0.5, 0.6) is 0 Å². The van der Waals surface area contributed by atoms with Crippen molar-refractivity contribution in [1.82, 2.24) is 4.90 Å². The van der Waals surface area contributed by atoms with E-state index in [9.17, 15) is 27.9 Å². The molecule has 0 radical (unpaired) electrons. The normalized spacial score (nSPS) is 20.5. The van der Waals surface area contributed by atoms with E-state index in [-0.39, 0.29) is 29.5 Å². The molecule has 2 aliphatic heterocycles. The number of anilines is 1. The molecule has 1 atom stereocenters. The van der Waals surface area contributed by atoms with Crippen LogP contribution in [0.1, 0.15) is 23.3 Å². The molecule has 2 aliphatic rings. The van der Waals surface area contributed by atoms with Crippen molar-refractivity contribution in [2.45, 2.75) is 19.0 Å². The van der Waals surface area contributed by atoms with Crippen molar-refractivity contribution in [3.8, 4) is 0 Å². The summed E-state index contributed by atoms with van der Waals surface area (Å²) in [5.74, 6) is -1.30. The molecule has 2 amide bonds. The monoisotopic (exact) mass is 436 g/mol. The van der Waals surface area contributed by atoms with Crippen LogP contribution in [0.25, 0.3) is 5.57 Å². The lowest BCUT2D eigenvalue weighted by molar-refractivity contribution is -0.137. The molecule has 4 rings (SSSR count). The number of alkyl halides is 3. The summed E-state index contributed by atoms with van der Waals surface area (Å²) in [4.78, 5) is 29.8. The Morgan fingerprint density at radius 2 is 1.93 bits per heavy atom. The van der Waals surface area contributed by atoms with Crippen molar-refractivity contribution < 1.29 is 27.9 Å². The summed E-state index contributed by atoms with van der Waals surface area (Å²) < 4.78 is 39.5. The van der Waals surface area contributed by atoms with Gasteiger partial charge in [0.1, 0.15) is 5.70 Å². The van der Waals surface area contributed by atoms with Gasteiger partial charge in [0.25, 0.3) is 11.8 Å². The largest absolute Gasteiger partial charge is 0.416 e. The number of rotatable bonds is 4. The molecule has 1 aromatic heterocycles. The van der Waals surface area contributed by atoms with Crippen LogP contribution in [0.15, 0.2) is 47.5 Å². The van der Waals surface area contributed by atoms with Crippen molar-refractivity contribution in [3.63, 3.8) is 0 Å². The number of benzene rings is 1. The zero-order valence-corrected chi connectivity index (χ0v) is 16.7. The number of nitrogens with zero attached hydrogens (tertiary/aromatic N) is 2. The number of carbonyl (C=O) groups excluding carboxylic acids is 2. The van der Waals surface area contributed by atoms with E-state index in [4.69, 9.17) is 0 Å². The number of aliphatic hydroxyl groups is 1. The molecule has 158 valence electrons. The molecule has 2 aromatic rings. The molecule has 1 N–H and O–H groups in total. The van der Waals surface area contributed by atoms with Gasteiger partial charge in [0, 0.05) is 24.6 Å². The van der Waals surface area contributed by atoms with Crippen LogP contribution >= 0.6 is 11.3 Å². The van der Waals surface area contributed by atoms with Crippen molar-refractivity contribution >= 4 is 34.4 Å². The second-order valence-electron chi connectivity index (χ2n) is 7.33. The second kappa shape index (κ2) is 7.88. The Bertz CT molecular complexity index is 1000.